The zero-order valence-electron chi connectivity index (χ0n) is 8.49. The van der Waals surface area contributed by atoms with Crippen LogP contribution in [-0.2, 0) is 4.79 Å². The Hall–Kier alpha value is -0.260. The summed E-state index contributed by atoms with van der Waals surface area (Å²) < 4.78 is 0. The van der Waals surface area contributed by atoms with Crippen molar-refractivity contribution in [3.05, 3.63) is 0 Å². The summed E-state index contributed by atoms with van der Waals surface area (Å²) in [6.45, 7) is 0. The van der Waals surface area contributed by atoms with E-state index < -0.39 is 12.0 Å². The minimum absolute atomic E-state index is 0.429. The van der Waals surface area contributed by atoms with Crippen LogP contribution in [0, 0.1) is 0 Å². The predicted molar refractivity (Wildman–Crippen MR) is 55.2 cm³/mol. The normalized spacial score (nSPS) is 12.7. The van der Waals surface area contributed by atoms with E-state index in [1.165, 1.54) is 6.42 Å². The maximum atomic E-state index is 10.4. The summed E-state index contributed by atoms with van der Waals surface area (Å²) in [5, 5.41) is 18.8. The highest BCUT2D eigenvalue weighted by atomic mass is 32.2. The maximum Gasteiger partial charge on any atom is 0.0714 e. The number of nitrogens with one attached hydrogen (secondary N) is 1. The zero-order chi connectivity index (χ0) is 10.8. The van der Waals surface area contributed by atoms with Crippen molar-refractivity contribution >= 4 is 17.7 Å². The summed E-state index contributed by atoms with van der Waals surface area (Å²) in [5.74, 6) is -0.0843. The van der Waals surface area contributed by atoms with E-state index in [9.17, 15) is 9.90 Å². The molecular weight excluding hydrogens is 202 g/mol. The monoisotopic (exact) mass is 220 g/mol. The van der Waals surface area contributed by atoms with E-state index in [0.29, 0.717) is 6.42 Å². The lowest BCUT2D eigenvalue weighted by Crippen LogP contribution is -2.44. The Kier molecular flexibility index (Phi) is 9.13. The molecule has 5 heteroatoms. The quantitative estimate of drug-likeness (QED) is 0.434. The van der Waals surface area contributed by atoms with E-state index in [4.69, 9.17) is 5.21 Å². The number of hydroxylamine groups is 1. The van der Waals surface area contributed by atoms with Crippen LogP contribution in [0.3, 0.4) is 0 Å². The molecule has 0 spiro atoms. The number of carbonyl (C=O) groups excluding carboxylic acids is 1. The third kappa shape index (κ3) is 7.17. The van der Waals surface area contributed by atoms with Crippen molar-refractivity contribution in [3.63, 3.8) is 0 Å². The summed E-state index contributed by atoms with van der Waals surface area (Å²) in [6, 6.07) is -0.921. The second-order valence-electron chi connectivity index (χ2n) is 3.20. The lowest BCUT2D eigenvalue weighted by molar-refractivity contribution is -0.310. The standard InChI is InChI=1S/C9H19NO3S/c1-14-7-5-3-2-4-6-8(10-13)9(11)12/h8,10,13H,2-7H2,1H3,(H,11,12)/p-1/t8-/m0/s1. The van der Waals surface area contributed by atoms with Gasteiger partial charge in [0.2, 0.25) is 0 Å². The molecule has 0 fully saturated rings. The average Bonchev–Trinajstić information content (AvgIpc) is 2.16. The number of aliphatic carboxylic acids is 1. The molecule has 0 radical (unpaired) electrons. The molecule has 0 unspecified atom stereocenters. The van der Waals surface area contributed by atoms with Gasteiger partial charge in [0.05, 0.1) is 12.0 Å². The SMILES string of the molecule is CSCCCCCC[C@H](NO)C(=O)[O-]. The molecule has 0 saturated carbocycles. The first kappa shape index (κ1) is 13.7. The first-order valence-corrected chi connectivity index (χ1v) is 6.21. The average molecular weight is 220 g/mol. The van der Waals surface area contributed by atoms with Crippen LogP contribution in [0.25, 0.3) is 0 Å². The fourth-order valence-electron chi connectivity index (χ4n) is 1.18. The van der Waals surface area contributed by atoms with Gasteiger partial charge in [0, 0.05) is 0 Å². The van der Waals surface area contributed by atoms with Crippen LogP contribution in [0.1, 0.15) is 32.1 Å². The molecule has 0 heterocycles. The molecule has 0 amide bonds. The maximum absolute atomic E-state index is 10.4. The minimum atomic E-state index is -1.24. The Morgan fingerprint density at radius 2 is 2.07 bits per heavy atom. The van der Waals surface area contributed by atoms with Crippen LogP contribution in [0.5, 0.6) is 0 Å². The molecule has 0 aliphatic rings. The number of carboxylic acids is 1. The number of hydrogen-bond donors (Lipinski definition) is 2. The molecule has 14 heavy (non-hydrogen) atoms. The third-order valence-corrected chi connectivity index (χ3v) is 2.73. The van der Waals surface area contributed by atoms with E-state index in [1.807, 2.05) is 11.8 Å². The van der Waals surface area contributed by atoms with Gasteiger partial charge in [-0.2, -0.15) is 17.2 Å². The van der Waals surface area contributed by atoms with Crippen molar-refractivity contribution in [1.29, 1.82) is 0 Å². The van der Waals surface area contributed by atoms with Crippen molar-refractivity contribution in [2.45, 2.75) is 38.1 Å². The second kappa shape index (κ2) is 9.30. The summed E-state index contributed by atoms with van der Waals surface area (Å²) in [4.78, 5) is 10.4. The summed E-state index contributed by atoms with van der Waals surface area (Å²) >= 11 is 1.82. The Labute approximate surface area is 89.0 Å². The molecule has 0 aromatic carbocycles. The van der Waals surface area contributed by atoms with Crippen LogP contribution < -0.4 is 10.6 Å². The van der Waals surface area contributed by atoms with Crippen LogP contribution in [0.15, 0.2) is 0 Å². The molecule has 0 rings (SSSR count). The molecular formula is C9H18NO3S-. The number of carboxylic acid groups (broad SMARTS) is 1. The molecule has 0 aromatic rings. The van der Waals surface area contributed by atoms with E-state index in [2.05, 4.69) is 6.26 Å². The fraction of sp³-hybridized carbons (Fsp3) is 0.889. The zero-order valence-corrected chi connectivity index (χ0v) is 9.31. The van der Waals surface area contributed by atoms with Crippen molar-refractivity contribution in [1.82, 2.24) is 5.48 Å². The fourth-order valence-corrected chi connectivity index (χ4v) is 1.68. The van der Waals surface area contributed by atoms with Gasteiger partial charge in [-0.15, -0.1) is 0 Å². The van der Waals surface area contributed by atoms with Gasteiger partial charge in [-0.25, -0.2) is 0 Å². The molecule has 0 saturated heterocycles. The highest BCUT2D eigenvalue weighted by Crippen LogP contribution is 2.07. The lowest BCUT2D eigenvalue weighted by atomic mass is 10.1. The van der Waals surface area contributed by atoms with Crippen molar-refractivity contribution < 1.29 is 15.1 Å². The highest BCUT2D eigenvalue weighted by Gasteiger charge is 2.06. The van der Waals surface area contributed by atoms with Gasteiger partial charge in [0.25, 0.3) is 0 Å². The number of rotatable bonds is 9. The molecule has 0 bridgehead atoms. The number of unbranched alkanes of at least 4 members (excludes halogenated alkanes) is 3. The molecule has 84 valence electrons. The van der Waals surface area contributed by atoms with Crippen molar-refractivity contribution in [2.75, 3.05) is 12.0 Å². The topological polar surface area (TPSA) is 72.4 Å². The molecule has 4 nitrogen and oxygen atoms in total. The van der Waals surface area contributed by atoms with Crippen molar-refractivity contribution in [2.24, 2.45) is 0 Å². The predicted octanol–water partition coefficient (Wildman–Crippen LogP) is 0.397. The first-order valence-electron chi connectivity index (χ1n) is 4.81. The Morgan fingerprint density at radius 1 is 1.43 bits per heavy atom. The van der Waals surface area contributed by atoms with Crippen LogP contribution >= 0.6 is 11.8 Å². The third-order valence-electron chi connectivity index (χ3n) is 2.03. The summed E-state index contributed by atoms with van der Waals surface area (Å²) in [5.41, 5.74) is 1.74. The number of thioether (sulfide) groups is 1. The van der Waals surface area contributed by atoms with Crippen molar-refractivity contribution in [3.8, 4) is 0 Å². The minimum Gasteiger partial charge on any atom is -0.548 e. The van der Waals surface area contributed by atoms with Gasteiger partial charge in [0.15, 0.2) is 0 Å². The number of hydrogen-bond acceptors (Lipinski definition) is 5. The van der Waals surface area contributed by atoms with E-state index in [0.717, 1.165) is 25.0 Å². The van der Waals surface area contributed by atoms with Gasteiger partial charge >= 0.3 is 0 Å². The molecule has 0 aromatic heterocycles. The largest absolute Gasteiger partial charge is 0.548 e. The van der Waals surface area contributed by atoms with Gasteiger partial charge in [-0.05, 0) is 24.9 Å². The Bertz CT molecular complexity index is 155. The van der Waals surface area contributed by atoms with Gasteiger partial charge in [0.1, 0.15) is 0 Å². The summed E-state index contributed by atoms with van der Waals surface area (Å²) in [7, 11) is 0. The van der Waals surface area contributed by atoms with Gasteiger partial charge in [-0.1, -0.05) is 19.3 Å². The van der Waals surface area contributed by atoms with Gasteiger partial charge < -0.3 is 15.1 Å². The second-order valence-corrected chi connectivity index (χ2v) is 4.18. The Balaban J connectivity index is 3.29. The van der Waals surface area contributed by atoms with Gasteiger partial charge in [-0.3, -0.25) is 0 Å². The van der Waals surface area contributed by atoms with Crippen LogP contribution in [0.2, 0.25) is 0 Å². The smallest absolute Gasteiger partial charge is 0.0714 e. The summed E-state index contributed by atoms with van der Waals surface area (Å²) in [6.07, 6.45) is 6.60. The molecule has 1 atom stereocenters. The lowest BCUT2D eigenvalue weighted by Gasteiger charge is -2.15. The van der Waals surface area contributed by atoms with E-state index in [-0.39, 0.29) is 0 Å². The van der Waals surface area contributed by atoms with Crippen LogP contribution in [0.4, 0.5) is 0 Å². The molecule has 2 N–H and O–H groups in total. The first-order chi connectivity index (χ1) is 6.72. The Morgan fingerprint density at radius 3 is 2.57 bits per heavy atom. The molecule has 0 aliphatic heterocycles. The highest BCUT2D eigenvalue weighted by molar-refractivity contribution is 7.98. The van der Waals surface area contributed by atoms with E-state index >= 15 is 0 Å². The number of carbonyl (C=O) groups is 1. The molecule has 0 aliphatic carbocycles. The van der Waals surface area contributed by atoms with Crippen LogP contribution in [-0.4, -0.2) is 29.2 Å². The van der Waals surface area contributed by atoms with E-state index in [1.54, 1.807) is 5.48 Å².